The number of carbonyl (C=O) groups is 1. The van der Waals surface area contributed by atoms with Crippen molar-refractivity contribution in [2.24, 2.45) is 5.73 Å². The summed E-state index contributed by atoms with van der Waals surface area (Å²) in [5.74, 6) is -0.820. The number of ether oxygens (including phenoxy) is 1. The summed E-state index contributed by atoms with van der Waals surface area (Å²) in [6.07, 6.45) is 0.468. The molecule has 0 radical (unpaired) electrons. The molecule has 2 N–H and O–H groups in total. The number of benzene rings is 2. The third-order valence-corrected chi connectivity index (χ3v) is 5.09. The second-order valence-electron chi connectivity index (χ2n) is 8.69. The first kappa shape index (κ1) is 21.2. The van der Waals surface area contributed by atoms with Crippen LogP contribution in [0, 0.1) is 18.6 Å². The summed E-state index contributed by atoms with van der Waals surface area (Å²) in [5.41, 5.74) is 7.61. The molecule has 2 aromatic carbocycles. The van der Waals surface area contributed by atoms with Gasteiger partial charge in [0, 0.05) is 18.2 Å². The number of hydrogen-bond donors (Lipinski definition) is 1. The van der Waals surface area contributed by atoms with E-state index in [9.17, 15) is 9.18 Å². The summed E-state index contributed by atoms with van der Waals surface area (Å²) >= 11 is 0. The molecule has 1 heterocycles. The second-order valence-corrected chi connectivity index (χ2v) is 8.69. The van der Waals surface area contributed by atoms with E-state index in [2.05, 4.69) is 0 Å². The Morgan fingerprint density at radius 3 is 2.62 bits per heavy atom. The van der Waals surface area contributed by atoms with Gasteiger partial charge in [0.05, 0.1) is 6.04 Å². The highest BCUT2D eigenvalue weighted by Crippen LogP contribution is 2.30. The normalized spacial score (nSPS) is 19.5. The lowest BCUT2D eigenvalue weighted by Crippen LogP contribution is -2.46. The molecule has 0 aromatic heterocycles. The molecule has 1 saturated heterocycles. The molecule has 0 spiro atoms. The number of hydrogen-bond acceptors (Lipinski definition) is 3. The average Bonchev–Trinajstić information content (AvgIpc) is 2.95. The Balaban J connectivity index is 1.88. The number of amides is 1. The minimum atomic E-state index is -0.616. The number of likely N-dealkylation sites (tertiary alicyclic amines) is 1. The molecule has 6 heteroatoms. The van der Waals surface area contributed by atoms with Crippen molar-refractivity contribution in [1.82, 2.24) is 4.90 Å². The van der Waals surface area contributed by atoms with E-state index in [1.54, 1.807) is 56.9 Å². The number of nitrogens with two attached hydrogens (primary N) is 1. The molecule has 29 heavy (non-hydrogen) atoms. The van der Waals surface area contributed by atoms with Crippen LogP contribution in [0.5, 0.6) is 0 Å². The summed E-state index contributed by atoms with van der Waals surface area (Å²) < 4.78 is 34.6. The van der Waals surface area contributed by atoms with E-state index >= 15 is 4.39 Å². The van der Waals surface area contributed by atoms with Crippen molar-refractivity contribution in [3.8, 4) is 11.1 Å². The SMILES string of the molecule is Cc1cc(F)cc(-c2cccc(C[C@H]3[C@@H](N)CCN3C(=O)OC(C)(C)C)c2F)c1. The summed E-state index contributed by atoms with van der Waals surface area (Å²) in [4.78, 5) is 14.2. The van der Waals surface area contributed by atoms with Gasteiger partial charge in [0.1, 0.15) is 17.2 Å². The van der Waals surface area contributed by atoms with Crippen molar-refractivity contribution < 1.29 is 18.3 Å². The largest absolute Gasteiger partial charge is 0.444 e. The van der Waals surface area contributed by atoms with Crippen LogP contribution in [-0.4, -0.2) is 35.2 Å². The van der Waals surface area contributed by atoms with Gasteiger partial charge >= 0.3 is 6.09 Å². The van der Waals surface area contributed by atoms with E-state index in [-0.39, 0.29) is 18.5 Å². The van der Waals surface area contributed by atoms with Crippen LogP contribution in [0.4, 0.5) is 13.6 Å². The first-order valence-electron chi connectivity index (χ1n) is 9.85. The van der Waals surface area contributed by atoms with E-state index in [0.29, 0.717) is 29.7 Å². The Bertz CT molecular complexity index is 888. The smallest absolute Gasteiger partial charge is 0.410 e. The Hall–Kier alpha value is -2.47. The molecule has 0 aliphatic carbocycles. The molecule has 2 aromatic rings. The van der Waals surface area contributed by atoms with Crippen LogP contribution in [0.1, 0.15) is 38.3 Å². The van der Waals surface area contributed by atoms with Crippen molar-refractivity contribution >= 4 is 6.09 Å². The van der Waals surface area contributed by atoms with Gasteiger partial charge in [0.2, 0.25) is 0 Å². The molecule has 1 aliphatic rings. The van der Waals surface area contributed by atoms with Crippen molar-refractivity contribution in [2.75, 3.05) is 6.54 Å². The first-order valence-corrected chi connectivity index (χ1v) is 9.85. The molecule has 1 amide bonds. The topological polar surface area (TPSA) is 55.6 Å². The lowest BCUT2D eigenvalue weighted by molar-refractivity contribution is 0.0220. The molecule has 0 saturated carbocycles. The Morgan fingerprint density at radius 1 is 1.24 bits per heavy atom. The zero-order valence-electron chi connectivity index (χ0n) is 17.3. The maximum atomic E-state index is 15.3. The highest BCUT2D eigenvalue weighted by molar-refractivity contribution is 5.69. The highest BCUT2D eigenvalue weighted by Gasteiger charge is 2.37. The zero-order valence-corrected chi connectivity index (χ0v) is 17.3. The fourth-order valence-corrected chi connectivity index (χ4v) is 3.76. The van der Waals surface area contributed by atoms with Gasteiger partial charge in [-0.3, -0.25) is 0 Å². The average molecular weight is 402 g/mol. The summed E-state index contributed by atoms with van der Waals surface area (Å²) in [5, 5.41) is 0. The van der Waals surface area contributed by atoms with Crippen molar-refractivity contribution in [2.45, 2.75) is 58.2 Å². The highest BCUT2D eigenvalue weighted by atomic mass is 19.1. The fourth-order valence-electron chi connectivity index (χ4n) is 3.76. The third kappa shape index (κ3) is 4.93. The van der Waals surface area contributed by atoms with Crippen LogP contribution in [-0.2, 0) is 11.2 Å². The van der Waals surface area contributed by atoms with Gasteiger partial charge in [-0.25, -0.2) is 13.6 Å². The predicted molar refractivity (Wildman–Crippen MR) is 110 cm³/mol. The summed E-state index contributed by atoms with van der Waals surface area (Å²) in [6.45, 7) is 7.66. The Kier molecular flexibility index (Phi) is 5.94. The molecule has 3 rings (SSSR count). The van der Waals surface area contributed by atoms with E-state index in [1.165, 1.54) is 12.1 Å². The molecule has 2 atom stereocenters. The Labute approximate surface area is 170 Å². The van der Waals surface area contributed by atoms with Crippen LogP contribution >= 0.6 is 0 Å². The lowest BCUT2D eigenvalue weighted by Gasteiger charge is -2.30. The van der Waals surface area contributed by atoms with Gasteiger partial charge in [-0.05, 0) is 69.4 Å². The third-order valence-electron chi connectivity index (χ3n) is 5.09. The monoisotopic (exact) mass is 402 g/mol. The number of nitrogens with zero attached hydrogens (tertiary/aromatic N) is 1. The lowest BCUT2D eigenvalue weighted by atomic mass is 9.95. The maximum Gasteiger partial charge on any atom is 0.410 e. The summed E-state index contributed by atoms with van der Waals surface area (Å²) in [6, 6.07) is 8.92. The molecule has 1 aliphatic heterocycles. The summed E-state index contributed by atoms with van der Waals surface area (Å²) in [7, 11) is 0. The molecule has 156 valence electrons. The van der Waals surface area contributed by atoms with Crippen LogP contribution in [0.25, 0.3) is 11.1 Å². The van der Waals surface area contributed by atoms with Crippen LogP contribution in [0.15, 0.2) is 36.4 Å². The van der Waals surface area contributed by atoms with Crippen molar-refractivity contribution in [3.63, 3.8) is 0 Å². The van der Waals surface area contributed by atoms with Gasteiger partial charge in [0.15, 0.2) is 0 Å². The zero-order chi connectivity index (χ0) is 21.3. The molecular formula is C23H28F2N2O2. The van der Waals surface area contributed by atoms with Gasteiger partial charge < -0.3 is 15.4 Å². The van der Waals surface area contributed by atoms with Crippen molar-refractivity contribution in [3.05, 3.63) is 59.2 Å². The quantitative estimate of drug-likeness (QED) is 0.801. The van der Waals surface area contributed by atoms with Gasteiger partial charge in [-0.1, -0.05) is 24.3 Å². The number of carbonyl (C=O) groups excluding carboxylic acids is 1. The molecule has 1 fully saturated rings. The Morgan fingerprint density at radius 2 is 1.97 bits per heavy atom. The fraction of sp³-hybridized carbons (Fsp3) is 0.435. The van der Waals surface area contributed by atoms with Crippen molar-refractivity contribution in [1.29, 1.82) is 0 Å². The van der Waals surface area contributed by atoms with Crippen LogP contribution in [0.3, 0.4) is 0 Å². The molecular weight excluding hydrogens is 374 g/mol. The first-order chi connectivity index (χ1) is 13.5. The minimum absolute atomic E-state index is 0.262. The van der Waals surface area contributed by atoms with Gasteiger partial charge in [-0.15, -0.1) is 0 Å². The van der Waals surface area contributed by atoms with E-state index in [4.69, 9.17) is 10.5 Å². The standard InChI is InChI=1S/C23H28F2N2O2/c1-14-10-16(12-17(24)11-14)18-7-5-6-15(21(18)25)13-20-19(26)8-9-27(20)22(28)29-23(2,3)4/h5-7,10-12,19-20H,8-9,13,26H2,1-4H3/t19-,20-/m0/s1. The van der Waals surface area contributed by atoms with E-state index < -0.39 is 23.3 Å². The molecule has 0 bridgehead atoms. The number of rotatable bonds is 3. The molecule has 4 nitrogen and oxygen atoms in total. The van der Waals surface area contributed by atoms with E-state index in [1.807, 2.05) is 0 Å². The number of halogens is 2. The minimum Gasteiger partial charge on any atom is -0.444 e. The van der Waals surface area contributed by atoms with E-state index in [0.717, 1.165) is 5.56 Å². The van der Waals surface area contributed by atoms with Crippen LogP contribution < -0.4 is 5.73 Å². The predicted octanol–water partition coefficient (Wildman–Crippen LogP) is 4.82. The molecule has 0 unspecified atom stereocenters. The van der Waals surface area contributed by atoms with Gasteiger partial charge in [-0.2, -0.15) is 0 Å². The number of aryl methyl sites for hydroxylation is 1. The van der Waals surface area contributed by atoms with Gasteiger partial charge in [0.25, 0.3) is 0 Å². The second kappa shape index (κ2) is 8.11. The van der Waals surface area contributed by atoms with Crippen LogP contribution in [0.2, 0.25) is 0 Å². The maximum absolute atomic E-state index is 15.3.